The van der Waals surface area contributed by atoms with Gasteiger partial charge in [0.25, 0.3) is 5.91 Å². The molecule has 0 atom stereocenters. The average Bonchev–Trinajstić information content (AvgIpc) is 2.56. The number of rotatable bonds is 9. The molecule has 0 aliphatic rings. The van der Waals surface area contributed by atoms with E-state index < -0.39 is 21.8 Å². The molecule has 1 aromatic carbocycles. The number of carbonyl (C=O) groups excluding carboxylic acids is 3. The van der Waals surface area contributed by atoms with Gasteiger partial charge in [-0.2, -0.15) is 0 Å². The van der Waals surface area contributed by atoms with E-state index in [0.717, 1.165) is 0 Å². The zero-order valence-corrected chi connectivity index (χ0v) is 16.6. The number of hydrogen-bond donors (Lipinski definition) is 4. The maximum absolute atomic E-state index is 12.0. The van der Waals surface area contributed by atoms with Gasteiger partial charge in [-0.05, 0) is 52.0 Å². The van der Waals surface area contributed by atoms with Crippen molar-refractivity contribution in [2.75, 3.05) is 13.1 Å². The van der Waals surface area contributed by atoms with Gasteiger partial charge in [-0.25, -0.2) is 13.1 Å². The summed E-state index contributed by atoms with van der Waals surface area (Å²) in [6.45, 7) is 6.53. The van der Waals surface area contributed by atoms with Crippen LogP contribution >= 0.6 is 0 Å². The van der Waals surface area contributed by atoms with Crippen molar-refractivity contribution >= 4 is 27.7 Å². The van der Waals surface area contributed by atoms with Crippen LogP contribution in [0.3, 0.4) is 0 Å². The maximum Gasteiger partial charge on any atom is 0.251 e. The second-order valence-corrected chi connectivity index (χ2v) is 8.20. The molecule has 0 aromatic heterocycles. The van der Waals surface area contributed by atoms with Crippen LogP contribution in [0.25, 0.3) is 0 Å². The lowest BCUT2D eigenvalue weighted by Crippen LogP contribution is -2.43. The van der Waals surface area contributed by atoms with Crippen molar-refractivity contribution in [3.63, 3.8) is 0 Å². The van der Waals surface area contributed by atoms with E-state index >= 15 is 0 Å². The summed E-state index contributed by atoms with van der Waals surface area (Å²) in [5.74, 6) is -1.36. The number of amides is 3. The van der Waals surface area contributed by atoms with Gasteiger partial charge in [0, 0.05) is 17.6 Å². The monoisotopic (exact) mass is 398 g/mol. The molecule has 9 nitrogen and oxygen atoms in total. The Morgan fingerprint density at radius 3 is 1.93 bits per heavy atom. The summed E-state index contributed by atoms with van der Waals surface area (Å²) >= 11 is 0. The van der Waals surface area contributed by atoms with Crippen molar-refractivity contribution in [2.45, 2.75) is 44.7 Å². The van der Waals surface area contributed by atoms with E-state index in [4.69, 9.17) is 0 Å². The topological polar surface area (TPSA) is 133 Å². The Morgan fingerprint density at radius 2 is 1.41 bits per heavy atom. The predicted molar refractivity (Wildman–Crippen MR) is 101 cm³/mol. The fraction of sp³-hybridized carbons (Fsp3) is 0.471. The Hall–Kier alpha value is -2.46. The third-order valence-corrected chi connectivity index (χ3v) is 4.80. The minimum absolute atomic E-state index is 0.0309. The SMILES string of the molecule is CC(C)NC(=O)CNC(=O)CNC(=O)c1ccc(S(=O)(=O)NC(C)C)cc1. The molecule has 0 fully saturated rings. The van der Waals surface area contributed by atoms with Crippen LogP contribution in [0.5, 0.6) is 0 Å². The predicted octanol–water partition coefficient (Wildman–Crippen LogP) is -0.256. The van der Waals surface area contributed by atoms with Gasteiger partial charge in [0.05, 0.1) is 18.0 Å². The van der Waals surface area contributed by atoms with Gasteiger partial charge in [-0.3, -0.25) is 14.4 Å². The van der Waals surface area contributed by atoms with E-state index in [-0.39, 0.29) is 41.5 Å². The van der Waals surface area contributed by atoms with E-state index in [2.05, 4.69) is 20.7 Å². The van der Waals surface area contributed by atoms with Crippen molar-refractivity contribution < 1.29 is 22.8 Å². The molecule has 0 saturated carbocycles. The molecule has 0 spiro atoms. The fourth-order valence-electron chi connectivity index (χ4n) is 2.04. The number of hydrogen-bond acceptors (Lipinski definition) is 5. The second kappa shape index (κ2) is 10.0. The van der Waals surface area contributed by atoms with Crippen molar-refractivity contribution in [3.05, 3.63) is 29.8 Å². The van der Waals surface area contributed by atoms with E-state index in [1.54, 1.807) is 27.7 Å². The van der Waals surface area contributed by atoms with Gasteiger partial charge < -0.3 is 16.0 Å². The van der Waals surface area contributed by atoms with Crippen LogP contribution in [0.1, 0.15) is 38.1 Å². The quantitative estimate of drug-likeness (QED) is 0.455. The Bertz CT molecular complexity index is 773. The third-order valence-electron chi connectivity index (χ3n) is 3.12. The Morgan fingerprint density at radius 1 is 0.852 bits per heavy atom. The molecule has 27 heavy (non-hydrogen) atoms. The Labute approximate surface area is 159 Å². The van der Waals surface area contributed by atoms with Crippen LogP contribution in [0, 0.1) is 0 Å². The fourth-order valence-corrected chi connectivity index (χ4v) is 3.29. The standard InChI is InChI=1S/C17H26N4O5S/c1-11(2)20-16(23)10-18-15(22)9-19-17(24)13-5-7-14(8-6-13)27(25,26)21-12(3)4/h5-8,11-12,21H,9-10H2,1-4H3,(H,18,22)(H,19,24)(H,20,23). The zero-order valence-electron chi connectivity index (χ0n) is 15.8. The summed E-state index contributed by atoms with van der Waals surface area (Å²) in [5.41, 5.74) is 0.212. The first-order chi connectivity index (χ1) is 12.5. The second-order valence-electron chi connectivity index (χ2n) is 6.48. The Balaban J connectivity index is 2.53. The molecule has 3 amide bonds. The van der Waals surface area contributed by atoms with Crippen LogP contribution in [-0.4, -0.2) is 51.3 Å². The van der Waals surface area contributed by atoms with Crippen molar-refractivity contribution in [1.29, 1.82) is 0 Å². The normalized spacial score (nSPS) is 11.3. The highest BCUT2D eigenvalue weighted by atomic mass is 32.2. The highest BCUT2D eigenvalue weighted by molar-refractivity contribution is 7.89. The molecule has 1 aromatic rings. The van der Waals surface area contributed by atoms with Gasteiger partial charge in [-0.1, -0.05) is 0 Å². The van der Waals surface area contributed by atoms with Gasteiger partial charge in [0.15, 0.2) is 0 Å². The summed E-state index contributed by atoms with van der Waals surface area (Å²) in [5, 5.41) is 7.42. The van der Waals surface area contributed by atoms with Crippen molar-refractivity contribution in [2.24, 2.45) is 0 Å². The van der Waals surface area contributed by atoms with Crippen LogP contribution in [-0.2, 0) is 19.6 Å². The largest absolute Gasteiger partial charge is 0.352 e. The number of nitrogens with one attached hydrogen (secondary N) is 4. The summed E-state index contributed by atoms with van der Waals surface area (Å²) in [7, 11) is -3.64. The first-order valence-electron chi connectivity index (χ1n) is 8.48. The van der Waals surface area contributed by atoms with Crippen molar-refractivity contribution in [3.8, 4) is 0 Å². The molecule has 1 rings (SSSR count). The molecule has 0 unspecified atom stereocenters. The van der Waals surface area contributed by atoms with Crippen molar-refractivity contribution in [1.82, 2.24) is 20.7 Å². The van der Waals surface area contributed by atoms with Gasteiger partial charge in [-0.15, -0.1) is 0 Å². The lowest BCUT2D eigenvalue weighted by molar-refractivity contribution is -0.125. The molecular formula is C17H26N4O5S. The number of sulfonamides is 1. The molecule has 0 heterocycles. The van der Waals surface area contributed by atoms with E-state index in [1.807, 2.05) is 0 Å². The highest BCUT2D eigenvalue weighted by Gasteiger charge is 2.16. The van der Waals surface area contributed by atoms with Crippen LogP contribution in [0.4, 0.5) is 0 Å². The molecule has 150 valence electrons. The third kappa shape index (κ3) is 8.18. The summed E-state index contributed by atoms with van der Waals surface area (Å²) < 4.78 is 26.5. The van der Waals surface area contributed by atoms with E-state index in [0.29, 0.717) is 0 Å². The van der Waals surface area contributed by atoms with E-state index in [1.165, 1.54) is 24.3 Å². The molecule has 0 radical (unpaired) electrons. The van der Waals surface area contributed by atoms with Crippen LogP contribution in [0.2, 0.25) is 0 Å². The first kappa shape index (κ1) is 22.6. The van der Waals surface area contributed by atoms with Crippen LogP contribution in [0.15, 0.2) is 29.2 Å². The maximum atomic E-state index is 12.0. The highest BCUT2D eigenvalue weighted by Crippen LogP contribution is 2.11. The van der Waals surface area contributed by atoms with E-state index in [9.17, 15) is 22.8 Å². The smallest absolute Gasteiger partial charge is 0.251 e. The first-order valence-corrected chi connectivity index (χ1v) is 9.96. The number of carbonyl (C=O) groups is 3. The molecule has 0 bridgehead atoms. The van der Waals surface area contributed by atoms with Gasteiger partial charge in [0.1, 0.15) is 0 Å². The average molecular weight is 398 g/mol. The lowest BCUT2D eigenvalue weighted by Gasteiger charge is -2.11. The summed E-state index contributed by atoms with van der Waals surface area (Å²) in [4.78, 5) is 35.2. The minimum Gasteiger partial charge on any atom is -0.352 e. The zero-order chi connectivity index (χ0) is 20.6. The van der Waals surface area contributed by atoms with Gasteiger partial charge in [0.2, 0.25) is 21.8 Å². The molecule has 4 N–H and O–H groups in total. The Kier molecular flexibility index (Phi) is 8.38. The molecule has 0 aliphatic carbocycles. The van der Waals surface area contributed by atoms with Gasteiger partial charge >= 0.3 is 0 Å². The molecular weight excluding hydrogens is 372 g/mol. The summed E-state index contributed by atoms with van der Waals surface area (Å²) in [6, 6.07) is 5.07. The van der Waals surface area contributed by atoms with Crippen LogP contribution < -0.4 is 20.7 Å². The minimum atomic E-state index is -3.64. The summed E-state index contributed by atoms with van der Waals surface area (Å²) in [6.07, 6.45) is 0. The molecule has 0 aliphatic heterocycles. The lowest BCUT2D eigenvalue weighted by atomic mass is 10.2. The molecule has 10 heteroatoms. The number of benzene rings is 1. The molecule has 0 saturated heterocycles.